The molecule has 6 nitrogen and oxygen atoms in total. The first-order valence-electron chi connectivity index (χ1n) is 9.31. The summed E-state index contributed by atoms with van der Waals surface area (Å²) in [6.07, 6.45) is 2.02. The molecule has 1 fully saturated rings. The molecule has 0 aromatic heterocycles. The van der Waals surface area contributed by atoms with E-state index in [9.17, 15) is 8.42 Å². The zero-order valence-corrected chi connectivity index (χ0v) is 16.2. The highest BCUT2D eigenvalue weighted by molar-refractivity contribution is 7.89. The third-order valence-electron chi connectivity index (χ3n) is 5.06. The highest BCUT2D eigenvalue weighted by atomic mass is 32.2. The zero-order valence-electron chi connectivity index (χ0n) is 15.4. The third kappa shape index (κ3) is 3.61. The van der Waals surface area contributed by atoms with Gasteiger partial charge in [0, 0.05) is 37.9 Å². The Labute approximate surface area is 160 Å². The number of ether oxygens (including phenoxy) is 2. The zero-order chi connectivity index (χ0) is 18.9. The van der Waals surface area contributed by atoms with Crippen LogP contribution in [0.1, 0.15) is 18.9 Å². The van der Waals surface area contributed by atoms with Crippen LogP contribution in [0.3, 0.4) is 0 Å². The Hall–Kier alpha value is -2.25. The Bertz CT molecular complexity index is 904. The molecule has 0 atom stereocenters. The summed E-state index contributed by atoms with van der Waals surface area (Å²) >= 11 is 0. The minimum Gasteiger partial charge on any atom is -0.454 e. The van der Waals surface area contributed by atoms with Crippen molar-refractivity contribution in [3.63, 3.8) is 0 Å². The number of aryl methyl sites for hydroxylation is 1. The van der Waals surface area contributed by atoms with Crippen LogP contribution in [0.25, 0.3) is 0 Å². The van der Waals surface area contributed by atoms with Crippen LogP contribution in [0.5, 0.6) is 11.5 Å². The van der Waals surface area contributed by atoms with Gasteiger partial charge < -0.3 is 14.4 Å². The molecule has 144 valence electrons. The predicted octanol–water partition coefficient (Wildman–Crippen LogP) is 2.88. The lowest BCUT2D eigenvalue weighted by molar-refractivity contribution is 0.174. The maximum absolute atomic E-state index is 12.9. The van der Waals surface area contributed by atoms with Crippen LogP contribution in [0.4, 0.5) is 5.69 Å². The van der Waals surface area contributed by atoms with Crippen LogP contribution in [0, 0.1) is 0 Å². The summed E-state index contributed by atoms with van der Waals surface area (Å²) < 4.78 is 38.2. The van der Waals surface area contributed by atoms with Gasteiger partial charge in [0.2, 0.25) is 16.8 Å². The molecule has 0 spiro atoms. The normalized spacial score (nSPS) is 17.3. The smallest absolute Gasteiger partial charge is 0.243 e. The summed E-state index contributed by atoms with van der Waals surface area (Å²) in [4.78, 5) is 2.55. The first-order chi connectivity index (χ1) is 13.1. The number of hydrogen-bond donors (Lipinski definition) is 0. The maximum Gasteiger partial charge on any atom is 0.243 e. The van der Waals surface area contributed by atoms with Crippen molar-refractivity contribution in [3.8, 4) is 11.5 Å². The molecule has 0 unspecified atom stereocenters. The average molecular weight is 388 g/mol. The van der Waals surface area contributed by atoms with Crippen molar-refractivity contribution in [1.82, 2.24) is 4.31 Å². The predicted molar refractivity (Wildman–Crippen MR) is 104 cm³/mol. The van der Waals surface area contributed by atoms with Crippen molar-refractivity contribution in [2.45, 2.75) is 24.7 Å². The molecule has 0 radical (unpaired) electrons. The number of sulfonamides is 1. The molecular weight excluding hydrogens is 364 g/mol. The molecule has 0 N–H and O–H groups in total. The fourth-order valence-corrected chi connectivity index (χ4v) is 4.96. The molecule has 7 heteroatoms. The average Bonchev–Trinajstić information content (AvgIpc) is 3.17. The van der Waals surface area contributed by atoms with Crippen molar-refractivity contribution in [1.29, 1.82) is 0 Å². The Balaban J connectivity index is 1.43. The molecule has 0 bridgehead atoms. The molecule has 4 rings (SSSR count). The fraction of sp³-hybridized carbons (Fsp3) is 0.400. The van der Waals surface area contributed by atoms with Crippen LogP contribution in [0.2, 0.25) is 0 Å². The minimum atomic E-state index is -3.45. The number of benzene rings is 2. The van der Waals surface area contributed by atoms with Crippen LogP contribution in [-0.4, -0.2) is 45.7 Å². The molecule has 0 amide bonds. The summed E-state index contributed by atoms with van der Waals surface area (Å²) in [6, 6.07) is 13.1. The number of hydrogen-bond acceptors (Lipinski definition) is 5. The number of piperazine rings is 1. The van der Waals surface area contributed by atoms with Gasteiger partial charge >= 0.3 is 0 Å². The van der Waals surface area contributed by atoms with Gasteiger partial charge in [-0.15, -0.1) is 0 Å². The Morgan fingerprint density at radius 2 is 1.63 bits per heavy atom. The van der Waals surface area contributed by atoms with Crippen molar-refractivity contribution >= 4 is 15.7 Å². The topological polar surface area (TPSA) is 59.1 Å². The molecule has 2 aromatic rings. The molecule has 1 saturated heterocycles. The summed E-state index contributed by atoms with van der Waals surface area (Å²) in [6.45, 7) is 4.59. The third-order valence-corrected chi connectivity index (χ3v) is 6.97. The maximum atomic E-state index is 12.9. The second-order valence-electron chi connectivity index (χ2n) is 6.82. The second-order valence-corrected chi connectivity index (χ2v) is 8.76. The van der Waals surface area contributed by atoms with E-state index in [1.165, 1.54) is 5.56 Å². The van der Waals surface area contributed by atoms with E-state index in [0.717, 1.165) is 30.0 Å². The quantitative estimate of drug-likeness (QED) is 0.788. The van der Waals surface area contributed by atoms with Crippen molar-refractivity contribution in [2.75, 3.05) is 37.9 Å². The van der Waals surface area contributed by atoms with E-state index in [1.807, 2.05) is 30.3 Å². The first kappa shape index (κ1) is 18.1. The minimum absolute atomic E-state index is 0.252. The van der Waals surface area contributed by atoms with Crippen LogP contribution in [0.15, 0.2) is 47.4 Å². The largest absolute Gasteiger partial charge is 0.454 e. The van der Waals surface area contributed by atoms with Crippen molar-refractivity contribution in [3.05, 3.63) is 48.0 Å². The van der Waals surface area contributed by atoms with E-state index in [4.69, 9.17) is 9.47 Å². The molecule has 2 aliphatic heterocycles. The number of nitrogens with zero attached hydrogens (tertiary/aromatic N) is 2. The lowest BCUT2D eigenvalue weighted by atomic mass is 10.1. The summed E-state index contributed by atoms with van der Waals surface area (Å²) in [5.74, 6) is 1.50. The Morgan fingerprint density at radius 3 is 2.33 bits per heavy atom. The van der Waals surface area contributed by atoms with Crippen LogP contribution < -0.4 is 14.4 Å². The number of anilines is 1. The van der Waals surface area contributed by atoms with Crippen LogP contribution >= 0.6 is 0 Å². The van der Waals surface area contributed by atoms with Crippen molar-refractivity contribution < 1.29 is 17.9 Å². The van der Waals surface area contributed by atoms with Gasteiger partial charge in [-0.3, -0.25) is 0 Å². The van der Waals surface area contributed by atoms with Gasteiger partial charge in [-0.2, -0.15) is 4.31 Å². The van der Waals surface area contributed by atoms with Crippen molar-refractivity contribution in [2.24, 2.45) is 0 Å². The monoisotopic (exact) mass is 388 g/mol. The van der Waals surface area contributed by atoms with E-state index in [0.29, 0.717) is 31.1 Å². The molecule has 27 heavy (non-hydrogen) atoms. The second kappa shape index (κ2) is 7.40. The van der Waals surface area contributed by atoms with E-state index < -0.39 is 10.0 Å². The van der Waals surface area contributed by atoms with Crippen LogP contribution in [-0.2, 0) is 16.4 Å². The molecule has 2 aromatic carbocycles. The van der Waals surface area contributed by atoms with Gasteiger partial charge in [0.05, 0.1) is 4.90 Å². The standard InChI is InChI=1S/C20H24N2O4S/c1-2-3-16-4-7-18(8-5-16)27(23,24)22-12-10-21(11-13-22)17-6-9-19-20(14-17)26-15-25-19/h4-9,14H,2-3,10-13,15H2,1H3. The van der Waals surface area contributed by atoms with E-state index in [-0.39, 0.29) is 6.79 Å². The SMILES string of the molecule is CCCc1ccc(S(=O)(=O)N2CCN(c3ccc4c(c3)OCO4)CC2)cc1. The lowest BCUT2D eigenvalue weighted by Crippen LogP contribution is -2.48. The molecule has 0 aliphatic carbocycles. The molecular formula is C20H24N2O4S. The van der Waals surface area contributed by atoms with Gasteiger partial charge in [0.15, 0.2) is 11.5 Å². The molecule has 2 aliphatic rings. The Kier molecular flexibility index (Phi) is 4.97. The van der Waals surface area contributed by atoms with E-state index in [1.54, 1.807) is 16.4 Å². The lowest BCUT2D eigenvalue weighted by Gasteiger charge is -2.35. The van der Waals surface area contributed by atoms with E-state index in [2.05, 4.69) is 11.8 Å². The van der Waals surface area contributed by atoms with E-state index >= 15 is 0 Å². The molecule has 0 saturated carbocycles. The Morgan fingerprint density at radius 1 is 0.926 bits per heavy atom. The summed E-state index contributed by atoms with van der Waals surface area (Å²) in [5.41, 5.74) is 2.20. The number of rotatable bonds is 5. The summed E-state index contributed by atoms with van der Waals surface area (Å²) in [5, 5.41) is 0. The van der Waals surface area contributed by atoms with Gasteiger partial charge in [-0.1, -0.05) is 25.5 Å². The fourth-order valence-electron chi connectivity index (χ4n) is 3.53. The van der Waals surface area contributed by atoms with Gasteiger partial charge in [-0.05, 0) is 36.2 Å². The highest BCUT2D eigenvalue weighted by Crippen LogP contribution is 2.35. The van der Waals surface area contributed by atoms with Gasteiger partial charge in [0.25, 0.3) is 0 Å². The van der Waals surface area contributed by atoms with Gasteiger partial charge in [-0.25, -0.2) is 8.42 Å². The first-order valence-corrected chi connectivity index (χ1v) is 10.8. The number of fused-ring (bicyclic) bond motifs is 1. The van der Waals surface area contributed by atoms with Gasteiger partial charge in [0.1, 0.15) is 0 Å². The summed E-state index contributed by atoms with van der Waals surface area (Å²) in [7, 11) is -3.45. The molecule has 2 heterocycles. The highest BCUT2D eigenvalue weighted by Gasteiger charge is 2.29.